The van der Waals surface area contributed by atoms with Crippen molar-refractivity contribution in [3.8, 4) is 17.9 Å². The molecule has 0 heterocycles. The van der Waals surface area contributed by atoms with Gasteiger partial charge in [-0.2, -0.15) is 5.26 Å². The zero-order valence-electron chi connectivity index (χ0n) is 10.5. The van der Waals surface area contributed by atoms with Crippen molar-refractivity contribution in [1.29, 1.82) is 5.26 Å². The molecule has 0 aliphatic rings. The minimum absolute atomic E-state index is 0.223. The molecule has 1 aromatic carbocycles. The molecular weight excluding hydrogens is 247 g/mol. The molecule has 0 spiro atoms. The number of hydrogen-bond acceptors (Lipinski definition) is 3. The molecule has 0 fully saturated rings. The quantitative estimate of drug-likeness (QED) is 0.829. The molecular formula is C14H13FN2O2. The van der Waals surface area contributed by atoms with E-state index in [1.165, 1.54) is 17.0 Å². The van der Waals surface area contributed by atoms with Crippen LogP contribution in [0, 0.1) is 29.0 Å². The second-order valence-electron chi connectivity index (χ2n) is 3.78. The Balaban J connectivity index is 3.05. The van der Waals surface area contributed by atoms with Gasteiger partial charge in [0.05, 0.1) is 18.1 Å². The van der Waals surface area contributed by atoms with Crippen molar-refractivity contribution in [2.45, 2.75) is 6.42 Å². The number of amides is 1. The van der Waals surface area contributed by atoms with E-state index in [4.69, 9.17) is 10.4 Å². The third-order valence-electron chi connectivity index (χ3n) is 2.42. The zero-order valence-corrected chi connectivity index (χ0v) is 10.5. The van der Waals surface area contributed by atoms with E-state index in [0.717, 1.165) is 6.07 Å². The number of aliphatic hydroxyl groups is 1. The van der Waals surface area contributed by atoms with E-state index in [-0.39, 0.29) is 30.1 Å². The summed E-state index contributed by atoms with van der Waals surface area (Å²) < 4.78 is 13.1. The number of benzene rings is 1. The largest absolute Gasteiger partial charge is 0.384 e. The summed E-state index contributed by atoms with van der Waals surface area (Å²) in [5.41, 5.74) is 0.477. The Morgan fingerprint density at radius 3 is 2.89 bits per heavy atom. The molecule has 0 aliphatic heterocycles. The fourth-order valence-corrected chi connectivity index (χ4v) is 1.47. The summed E-state index contributed by atoms with van der Waals surface area (Å²) in [5, 5.41) is 17.1. The molecule has 0 saturated heterocycles. The summed E-state index contributed by atoms with van der Waals surface area (Å²) in [4.78, 5) is 13.5. The number of nitriles is 1. The molecule has 1 N–H and O–H groups in total. The minimum Gasteiger partial charge on any atom is -0.384 e. The van der Waals surface area contributed by atoms with Crippen LogP contribution in [0.5, 0.6) is 0 Å². The molecule has 0 aliphatic carbocycles. The zero-order chi connectivity index (χ0) is 14.3. The summed E-state index contributed by atoms with van der Waals surface area (Å²) in [6.07, 6.45) is 0.223. The lowest BCUT2D eigenvalue weighted by molar-refractivity contribution is 0.0797. The Kier molecular flexibility index (Phi) is 5.53. The maximum Gasteiger partial charge on any atom is 0.254 e. The molecule has 19 heavy (non-hydrogen) atoms. The first-order valence-electron chi connectivity index (χ1n) is 5.62. The lowest BCUT2D eigenvalue weighted by atomic mass is 10.1. The average Bonchev–Trinajstić information content (AvgIpc) is 2.41. The van der Waals surface area contributed by atoms with E-state index < -0.39 is 5.82 Å². The van der Waals surface area contributed by atoms with E-state index in [1.54, 1.807) is 7.05 Å². The number of carbonyl (C=O) groups excluding carboxylic acids is 1. The van der Waals surface area contributed by atoms with Gasteiger partial charge >= 0.3 is 0 Å². The third kappa shape index (κ3) is 4.09. The van der Waals surface area contributed by atoms with Crippen LogP contribution >= 0.6 is 0 Å². The molecule has 0 bridgehead atoms. The second kappa shape index (κ2) is 7.15. The van der Waals surface area contributed by atoms with Gasteiger partial charge in [0, 0.05) is 19.2 Å². The number of rotatable bonds is 3. The highest BCUT2D eigenvalue weighted by Gasteiger charge is 2.15. The van der Waals surface area contributed by atoms with Gasteiger partial charge in [-0.05, 0) is 18.2 Å². The lowest BCUT2D eigenvalue weighted by Gasteiger charge is -2.16. The highest BCUT2D eigenvalue weighted by atomic mass is 19.1. The van der Waals surface area contributed by atoms with Gasteiger partial charge in [0.25, 0.3) is 5.91 Å². The number of carbonyl (C=O) groups is 1. The average molecular weight is 260 g/mol. The summed E-state index contributed by atoms with van der Waals surface area (Å²) in [7, 11) is 1.56. The minimum atomic E-state index is -0.501. The molecule has 1 amide bonds. The van der Waals surface area contributed by atoms with Crippen LogP contribution in [0.4, 0.5) is 4.39 Å². The van der Waals surface area contributed by atoms with Crippen LogP contribution in [-0.4, -0.2) is 36.1 Å². The van der Waals surface area contributed by atoms with Gasteiger partial charge in [-0.25, -0.2) is 4.39 Å². The van der Waals surface area contributed by atoms with Crippen LogP contribution in [0.1, 0.15) is 22.3 Å². The Bertz CT molecular complexity index is 567. The van der Waals surface area contributed by atoms with Crippen LogP contribution in [0.15, 0.2) is 18.2 Å². The fraction of sp³-hybridized carbons (Fsp3) is 0.286. The molecule has 0 saturated carbocycles. The van der Waals surface area contributed by atoms with Crippen molar-refractivity contribution in [3.63, 3.8) is 0 Å². The van der Waals surface area contributed by atoms with Crippen molar-refractivity contribution in [3.05, 3.63) is 35.1 Å². The maximum absolute atomic E-state index is 13.1. The highest BCUT2D eigenvalue weighted by Crippen LogP contribution is 2.12. The lowest BCUT2D eigenvalue weighted by Crippen LogP contribution is -2.28. The molecule has 5 heteroatoms. The monoisotopic (exact) mass is 260 g/mol. The van der Waals surface area contributed by atoms with E-state index in [0.29, 0.717) is 6.54 Å². The SMILES string of the molecule is CN(CCC#N)C(=O)c1ccc(F)cc1C#CCO. The Morgan fingerprint density at radius 2 is 2.26 bits per heavy atom. The smallest absolute Gasteiger partial charge is 0.254 e. The third-order valence-corrected chi connectivity index (χ3v) is 2.42. The molecule has 98 valence electrons. The van der Waals surface area contributed by atoms with Gasteiger partial charge in [0.1, 0.15) is 12.4 Å². The van der Waals surface area contributed by atoms with Gasteiger partial charge in [0.15, 0.2) is 0 Å². The normalized spacial score (nSPS) is 9.16. The highest BCUT2D eigenvalue weighted by molar-refractivity contribution is 5.96. The first-order chi connectivity index (χ1) is 9.10. The Labute approximate surface area is 111 Å². The van der Waals surface area contributed by atoms with Crippen molar-refractivity contribution in [1.82, 2.24) is 4.90 Å². The molecule has 1 rings (SSSR count). The second-order valence-corrected chi connectivity index (χ2v) is 3.78. The number of halogens is 1. The molecule has 4 nitrogen and oxygen atoms in total. The first kappa shape index (κ1) is 14.7. The van der Waals surface area contributed by atoms with Crippen molar-refractivity contribution >= 4 is 5.91 Å². The maximum atomic E-state index is 13.1. The van der Waals surface area contributed by atoms with Crippen LogP contribution in [0.25, 0.3) is 0 Å². The molecule has 0 atom stereocenters. The van der Waals surface area contributed by atoms with E-state index in [1.807, 2.05) is 6.07 Å². The van der Waals surface area contributed by atoms with Gasteiger partial charge in [-0.15, -0.1) is 0 Å². The van der Waals surface area contributed by atoms with Gasteiger partial charge < -0.3 is 10.0 Å². The topological polar surface area (TPSA) is 64.3 Å². The van der Waals surface area contributed by atoms with E-state index in [9.17, 15) is 9.18 Å². The van der Waals surface area contributed by atoms with Crippen molar-refractivity contribution in [2.75, 3.05) is 20.2 Å². The number of hydrogen-bond donors (Lipinski definition) is 1. The summed E-state index contributed by atoms with van der Waals surface area (Å²) in [5.74, 6) is 4.09. The standard InChI is InChI=1S/C14H13FN2O2/c1-17(8-3-7-16)14(19)13-6-5-12(15)10-11(13)4-2-9-18/h5-6,10,18H,3,8-9H2,1H3. The van der Waals surface area contributed by atoms with Crippen LogP contribution < -0.4 is 0 Å². The molecule has 1 aromatic rings. The van der Waals surface area contributed by atoms with Gasteiger partial charge in [-0.3, -0.25) is 4.79 Å². The predicted molar refractivity (Wildman–Crippen MR) is 67.6 cm³/mol. The van der Waals surface area contributed by atoms with Gasteiger partial charge in [0.2, 0.25) is 0 Å². The summed E-state index contributed by atoms with van der Waals surface area (Å²) in [6, 6.07) is 5.62. The molecule has 0 radical (unpaired) electrons. The van der Waals surface area contributed by atoms with Gasteiger partial charge in [-0.1, -0.05) is 11.8 Å². The predicted octanol–water partition coefficient (Wildman–Crippen LogP) is 1.16. The molecule has 0 unspecified atom stereocenters. The summed E-state index contributed by atoms with van der Waals surface area (Å²) >= 11 is 0. The van der Waals surface area contributed by atoms with Crippen molar-refractivity contribution < 1.29 is 14.3 Å². The summed E-state index contributed by atoms with van der Waals surface area (Å²) in [6.45, 7) is -0.0754. The number of aliphatic hydroxyl groups excluding tert-OH is 1. The van der Waals surface area contributed by atoms with Crippen molar-refractivity contribution in [2.24, 2.45) is 0 Å². The number of nitrogens with zero attached hydrogens (tertiary/aromatic N) is 2. The van der Waals surface area contributed by atoms with E-state index in [2.05, 4.69) is 11.8 Å². The Morgan fingerprint density at radius 1 is 1.53 bits per heavy atom. The van der Waals surface area contributed by atoms with Crippen LogP contribution in [-0.2, 0) is 0 Å². The molecule has 0 aromatic heterocycles. The van der Waals surface area contributed by atoms with E-state index >= 15 is 0 Å². The van der Waals surface area contributed by atoms with Crippen LogP contribution in [0.2, 0.25) is 0 Å². The first-order valence-corrected chi connectivity index (χ1v) is 5.62. The Hall–Kier alpha value is -2.37. The fourth-order valence-electron chi connectivity index (χ4n) is 1.47. The van der Waals surface area contributed by atoms with Crippen LogP contribution in [0.3, 0.4) is 0 Å².